The minimum absolute atomic E-state index is 0.123. The summed E-state index contributed by atoms with van der Waals surface area (Å²) in [6.45, 7) is 0.988. The molecule has 0 radical (unpaired) electrons. The quantitative estimate of drug-likeness (QED) is 0.576. The molecule has 1 amide bonds. The molecule has 2 aromatic carbocycles. The molecule has 174 valence electrons. The van der Waals surface area contributed by atoms with Crippen molar-refractivity contribution < 1.29 is 14.1 Å². The van der Waals surface area contributed by atoms with Crippen molar-refractivity contribution in [2.75, 3.05) is 25.4 Å². The third kappa shape index (κ3) is 4.32. The van der Waals surface area contributed by atoms with E-state index in [4.69, 9.17) is 0 Å². The number of halogens is 1. The van der Waals surface area contributed by atoms with E-state index in [1.165, 1.54) is 6.07 Å². The molecule has 6 nitrogen and oxygen atoms in total. The Kier molecular flexibility index (Phi) is 6.02. The predicted octanol–water partition coefficient (Wildman–Crippen LogP) is 2.97. The van der Waals surface area contributed by atoms with Crippen molar-refractivity contribution in [1.82, 2.24) is 15.1 Å². The first-order valence-corrected chi connectivity index (χ1v) is 14.1. The average molecular weight is 469 g/mol. The van der Waals surface area contributed by atoms with Crippen LogP contribution in [0.25, 0.3) is 10.8 Å². The molecule has 0 atom stereocenters. The number of fused-ring (bicyclic) bond motifs is 1. The summed E-state index contributed by atoms with van der Waals surface area (Å²) in [6.07, 6.45) is 5.46. The van der Waals surface area contributed by atoms with Gasteiger partial charge >= 0.3 is 192 Å². The molecule has 1 saturated heterocycles. The van der Waals surface area contributed by atoms with Crippen LogP contribution in [0, 0.1) is 11.7 Å². The SMILES string of the molecule is O=C(C1CCCC1)N1CC[PH](O)(c2cc(Cc3n[nH]c(=O)c4ccccc34)ccc2F)CC1. The van der Waals surface area contributed by atoms with Crippen LogP contribution in [0.15, 0.2) is 47.3 Å². The second-order valence-corrected chi connectivity index (χ2v) is 13.0. The molecule has 1 aromatic heterocycles. The van der Waals surface area contributed by atoms with E-state index in [9.17, 15) is 18.9 Å². The Bertz CT molecular complexity index is 1250. The van der Waals surface area contributed by atoms with E-state index < -0.39 is 7.49 Å². The predicted molar refractivity (Wildman–Crippen MR) is 130 cm³/mol. The molecule has 8 heteroatoms. The van der Waals surface area contributed by atoms with Crippen LogP contribution in [0.1, 0.15) is 36.9 Å². The van der Waals surface area contributed by atoms with E-state index in [2.05, 4.69) is 10.2 Å². The molecule has 0 bridgehead atoms. The maximum absolute atomic E-state index is 14.9. The average Bonchev–Trinajstić information content (AvgIpc) is 3.37. The van der Waals surface area contributed by atoms with Gasteiger partial charge in [0.1, 0.15) is 0 Å². The first-order valence-electron chi connectivity index (χ1n) is 11.7. The number of carbonyl (C=O) groups is 1. The Hall–Kier alpha value is -2.63. The fourth-order valence-electron chi connectivity index (χ4n) is 5.34. The molecular formula is C25H29FN3O3P. The summed E-state index contributed by atoms with van der Waals surface area (Å²) >= 11 is 0. The molecular weight excluding hydrogens is 440 g/mol. The fraction of sp³-hybridized carbons (Fsp3) is 0.400. The summed E-state index contributed by atoms with van der Waals surface area (Å²) in [6, 6.07) is 12.2. The van der Waals surface area contributed by atoms with Crippen molar-refractivity contribution in [2.45, 2.75) is 32.1 Å². The van der Waals surface area contributed by atoms with Crippen molar-refractivity contribution >= 4 is 29.5 Å². The van der Waals surface area contributed by atoms with Gasteiger partial charge in [0, 0.05) is 0 Å². The zero-order valence-corrected chi connectivity index (χ0v) is 19.5. The van der Waals surface area contributed by atoms with E-state index >= 15 is 0 Å². The molecule has 3 aromatic rings. The van der Waals surface area contributed by atoms with E-state index in [-0.39, 0.29) is 23.2 Å². The van der Waals surface area contributed by atoms with Crippen molar-refractivity contribution in [2.24, 2.45) is 5.92 Å². The van der Waals surface area contributed by atoms with E-state index in [1.54, 1.807) is 18.2 Å². The van der Waals surface area contributed by atoms with Gasteiger partial charge in [-0.25, -0.2) is 0 Å². The van der Waals surface area contributed by atoms with E-state index in [0.717, 1.165) is 36.6 Å². The number of benzene rings is 2. The third-order valence-corrected chi connectivity index (χ3v) is 10.8. The molecule has 1 aliphatic heterocycles. The standard InChI is InChI=1S/C25H29FN3O3P/c26-21-10-9-17(15-22-19-7-3-4-8-20(19)24(30)28-27-22)16-23(21)33(32)13-11-29(12-14-33)25(31)18-5-1-2-6-18/h3-4,7-10,16,18,32-33H,1-2,5-6,11-15H2,(H,28,30). The molecule has 0 spiro atoms. The molecule has 2 fully saturated rings. The second-order valence-electron chi connectivity index (χ2n) is 9.37. The number of hydrogen-bond donors (Lipinski definition) is 2. The number of aromatic nitrogens is 2. The van der Waals surface area contributed by atoms with Crippen molar-refractivity contribution in [3.8, 4) is 0 Å². The van der Waals surface area contributed by atoms with Gasteiger partial charge in [0.15, 0.2) is 0 Å². The van der Waals surface area contributed by atoms with Crippen LogP contribution in [-0.2, 0) is 11.2 Å². The second kappa shape index (κ2) is 8.96. The summed E-state index contributed by atoms with van der Waals surface area (Å²) in [5.41, 5.74) is 1.30. The van der Waals surface area contributed by atoms with Crippen molar-refractivity contribution in [3.63, 3.8) is 0 Å². The molecule has 0 unspecified atom stereocenters. The minimum atomic E-state index is -3.04. The normalized spacial score (nSPS) is 19.6. The number of nitrogens with one attached hydrogen (secondary N) is 1. The van der Waals surface area contributed by atoms with Gasteiger partial charge in [0.05, 0.1) is 0 Å². The van der Waals surface area contributed by atoms with Crippen LogP contribution in [0.3, 0.4) is 0 Å². The first kappa shape index (κ1) is 22.2. The van der Waals surface area contributed by atoms with Crippen LogP contribution >= 0.6 is 7.49 Å². The third-order valence-electron chi connectivity index (χ3n) is 7.29. The number of H-pyrrole nitrogens is 1. The molecule has 33 heavy (non-hydrogen) atoms. The van der Waals surface area contributed by atoms with Gasteiger partial charge in [-0.3, -0.25) is 0 Å². The van der Waals surface area contributed by atoms with Crippen LogP contribution in [0.5, 0.6) is 0 Å². The molecule has 1 saturated carbocycles. The molecule has 5 rings (SSSR count). The van der Waals surface area contributed by atoms with Crippen LogP contribution in [-0.4, -0.2) is 51.3 Å². The summed E-state index contributed by atoms with van der Waals surface area (Å²) in [5.74, 6) is -0.0610. The Balaban J connectivity index is 1.37. The topological polar surface area (TPSA) is 86.3 Å². The van der Waals surface area contributed by atoms with Gasteiger partial charge < -0.3 is 0 Å². The molecule has 2 N–H and O–H groups in total. The van der Waals surface area contributed by atoms with Gasteiger partial charge in [0.2, 0.25) is 0 Å². The van der Waals surface area contributed by atoms with Crippen molar-refractivity contribution in [1.29, 1.82) is 0 Å². The number of rotatable bonds is 4. The molecule has 2 aliphatic rings. The summed E-state index contributed by atoms with van der Waals surface area (Å²) in [4.78, 5) is 38.2. The van der Waals surface area contributed by atoms with Crippen molar-refractivity contribution in [3.05, 3.63) is 69.9 Å². The zero-order chi connectivity index (χ0) is 23.0. The van der Waals surface area contributed by atoms with Crippen LogP contribution < -0.4 is 10.9 Å². The summed E-state index contributed by atoms with van der Waals surface area (Å²) < 4.78 is 14.9. The number of hydrogen-bond acceptors (Lipinski definition) is 4. The van der Waals surface area contributed by atoms with Crippen LogP contribution in [0.2, 0.25) is 0 Å². The first-order chi connectivity index (χ1) is 15.9. The Morgan fingerprint density at radius 2 is 1.82 bits per heavy atom. The van der Waals surface area contributed by atoms with Crippen LogP contribution in [0.4, 0.5) is 4.39 Å². The van der Waals surface area contributed by atoms with Gasteiger partial charge in [-0.2, -0.15) is 0 Å². The Labute approximate surface area is 192 Å². The molecule has 2 heterocycles. The molecule has 1 aliphatic carbocycles. The Morgan fingerprint density at radius 3 is 2.55 bits per heavy atom. The van der Waals surface area contributed by atoms with Gasteiger partial charge in [-0.05, 0) is 0 Å². The monoisotopic (exact) mass is 469 g/mol. The van der Waals surface area contributed by atoms with E-state index in [1.807, 2.05) is 23.1 Å². The number of aromatic amines is 1. The fourth-order valence-corrected chi connectivity index (χ4v) is 8.39. The van der Waals surface area contributed by atoms with E-state index in [0.29, 0.717) is 48.2 Å². The number of amides is 1. The maximum atomic E-state index is 14.9. The number of nitrogens with zero attached hydrogens (tertiary/aromatic N) is 2. The zero-order valence-electron chi connectivity index (χ0n) is 18.5. The van der Waals surface area contributed by atoms with Gasteiger partial charge in [0.25, 0.3) is 0 Å². The van der Waals surface area contributed by atoms with Gasteiger partial charge in [-0.15, -0.1) is 0 Å². The number of carbonyl (C=O) groups excluding carboxylic acids is 1. The summed E-state index contributed by atoms with van der Waals surface area (Å²) in [5, 5.41) is 8.50. The van der Waals surface area contributed by atoms with Gasteiger partial charge in [-0.1, -0.05) is 0 Å². The Morgan fingerprint density at radius 1 is 1.12 bits per heavy atom. The summed E-state index contributed by atoms with van der Waals surface area (Å²) in [7, 11) is -3.04.